The van der Waals surface area contributed by atoms with Gasteiger partial charge < -0.3 is 0 Å². The summed E-state index contributed by atoms with van der Waals surface area (Å²) in [6.45, 7) is 2.04. The molecule has 1 aliphatic carbocycles. The zero-order chi connectivity index (χ0) is 8.97. The fraction of sp³-hybridized carbons (Fsp3) is 0.500. The Hall–Kier alpha value is -1.16. The lowest BCUT2D eigenvalue weighted by atomic mass is 9.99. The lowest BCUT2D eigenvalue weighted by molar-refractivity contribution is 0.249. The fourth-order valence-electron chi connectivity index (χ4n) is 1.23. The van der Waals surface area contributed by atoms with Crippen LogP contribution in [-0.2, 0) is 0 Å². The van der Waals surface area contributed by atoms with E-state index in [1.54, 1.807) is 0 Å². The number of allylic oxidation sites excluding steroid dienone is 2. The highest BCUT2D eigenvalue weighted by Gasteiger charge is 2.06. The predicted octanol–water partition coefficient (Wildman–Crippen LogP) is 1.14. The third kappa shape index (κ3) is 2.47. The lowest BCUT2D eigenvalue weighted by Gasteiger charge is -2.09. The topological polar surface area (TPSA) is 67.5 Å². The molecule has 0 aliphatic heterocycles. The molecule has 0 aromatic heterocycles. The van der Waals surface area contributed by atoms with E-state index in [0.29, 0.717) is 0 Å². The number of hydrazine groups is 1. The molecule has 0 fully saturated rings. The molecule has 0 aromatic rings. The Kier molecular flexibility index (Phi) is 2.99. The number of hydrogen-bond donors (Lipinski definition) is 2. The number of rotatable bonds is 0. The van der Waals surface area contributed by atoms with Crippen molar-refractivity contribution in [3.05, 3.63) is 11.6 Å². The summed E-state index contributed by atoms with van der Waals surface area (Å²) in [4.78, 5) is 14.5. The zero-order valence-electron chi connectivity index (χ0n) is 7.13. The summed E-state index contributed by atoms with van der Waals surface area (Å²) in [6.07, 6.45) is 4.98. The van der Waals surface area contributed by atoms with Crippen LogP contribution < -0.4 is 11.3 Å². The molecule has 0 aromatic carbocycles. The summed E-state index contributed by atoms with van der Waals surface area (Å²) in [6, 6.07) is -0.476. The Morgan fingerprint density at radius 2 is 2.42 bits per heavy atom. The van der Waals surface area contributed by atoms with Crippen LogP contribution in [0.4, 0.5) is 4.79 Å². The minimum atomic E-state index is -0.476. The van der Waals surface area contributed by atoms with Gasteiger partial charge in [0.1, 0.15) is 0 Å². The first-order chi connectivity index (χ1) is 5.72. The van der Waals surface area contributed by atoms with Crippen LogP contribution in [-0.4, -0.2) is 11.7 Å². The highest BCUT2D eigenvalue weighted by molar-refractivity contribution is 6.02. The second kappa shape index (κ2) is 4.01. The minimum absolute atomic E-state index is 0.476. The van der Waals surface area contributed by atoms with Crippen LogP contribution in [0.15, 0.2) is 16.6 Å². The summed E-state index contributed by atoms with van der Waals surface area (Å²) in [5.74, 6) is 4.90. The van der Waals surface area contributed by atoms with Crippen LogP contribution in [0.2, 0.25) is 0 Å². The Morgan fingerprint density at radius 1 is 1.67 bits per heavy atom. The molecule has 66 valence electrons. The Labute approximate surface area is 71.5 Å². The number of nitrogens with zero attached hydrogens (tertiary/aromatic N) is 1. The number of aliphatic imine (C=N–C) groups is 1. The van der Waals surface area contributed by atoms with Gasteiger partial charge in [-0.3, -0.25) is 5.43 Å². The Balaban J connectivity index is 2.68. The van der Waals surface area contributed by atoms with Crippen LogP contribution >= 0.6 is 0 Å². The molecule has 0 saturated carbocycles. The first-order valence-corrected chi connectivity index (χ1v) is 3.97. The largest absolute Gasteiger partial charge is 0.355 e. The molecular formula is C8H13N3O. The smallest absolute Gasteiger partial charge is 0.274 e. The predicted molar refractivity (Wildman–Crippen MR) is 47.8 cm³/mol. The number of carbonyl (C=O) groups is 1. The van der Waals surface area contributed by atoms with Gasteiger partial charge in [0.25, 0.3) is 0 Å². The van der Waals surface area contributed by atoms with Gasteiger partial charge in [-0.2, -0.15) is 4.99 Å². The normalized spacial score (nSPS) is 20.5. The third-order valence-corrected chi connectivity index (χ3v) is 1.79. The quantitative estimate of drug-likeness (QED) is 0.323. The number of nitrogens with two attached hydrogens (primary N) is 1. The van der Waals surface area contributed by atoms with Crippen LogP contribution in [0.5, 0.6) is 0 Å². The van der Waals surface area contributed by atoms with Crippen molar-refractivity contribution in [2.45, 2.75) is 26.2 Å². The van der Waals surface area contributed by atoms with E-state index in [9.17, 15) is 4.79 Å². The summed E-state index contributed by atoms with van der Waals surface area (Å²) >= 11 is 0. The SMILES string of the molecule is CC1=C/C(=N/C(=O)NN)CCC1. The number of urea groups is 1. The second-order valence-electron chi connectivity index (χ2n) is 2.90. The molecule has 4 nitrogen and oxygen atoms in total. The second-order valence-corrected chi connectivity index (χ2v) is 2.90. The van der Waals surface area contributed by atoms with Crippen LogP contribution in [0.3, 0.4) is 0 Å². The fourth-order valence-corrected chi connectivity index (χ4v) is 1.23. The van der Waals surface area contributed by atoms with E-state index in [0.717, 1.165) is 25.0 Å². The summed E-state index contributed by atoms with van der Waals surface area (Å²) in [7, 11) is 0. The van der Waals surface area contributed by atoms with Crippen molar-refractivity contribution in [3.8, 4) is 0 Å². The first-order valence-electron chi connectivity index (χ1n) is 3.97. The molecule has 12 heavy (non-hydrogen) atoms. The molecule has 1 rings (SSSR count). The maximum absolute atomic E-state index is 10.7. The van der Waals surface area contributed by atoms with E-state index in [4.69, 9.17) is 5.84 Å². The molecule has 0 atom stereocenters. The monoisotopic (exact) mass is 167 g/mol. The molecule has 0 saturated heterocycles. The number of hydrogen-bond acceptors (Lipinski definition) is 2. The van der Waals surface area contributed by atoms with Gasteiger partial charge in [-0.25, -0.2) is 10.6 Å². The highest BCUT2D eigenvalue weighted by Crippen LogP contribution is 2.14. The number of nitrogens with one attached hydrogen (secondary N) is 1. The molecule has 0 spiro atoms. The van der Waals surface area contributed by atoms with E-state index in [1.807, 2.05) is 18.4 Å². The van der Waals surface area contributed by atoms with Gasteiger partial charge in [-0.15, -0.1) is 0 Å². The molecular weight excluding hydrogens is 154 g/mol. The van der Waals surface area contributed by atoms with Gasteiger partial charge in [0, 0.05) is 5.71 Å². The molecule has 0 heterocycles. The van der Waals surface area contributed by atoms with E-state index >= 15 is 0 Å². The maximum atomic E-state index is 10.7. The van der Waals surface area contributed by atoms with Crippen molar-refractivity contribution in [2.24, 2.45) is 10.8 Å². The van der Waals surface area contributed by atoms with E-state index < -0.39 is 6.03 Å². The minimum Gasteiger partial charge on any atom is -0.274 e. The van der Waals surface area contributed by atoms with Crippen LogP contribution in [0.25, 0.3) is 0 Å². The third-order valence-electron chi connectivity index (χ3n) is 1.79. The van der Waals surface area contributed by atoms with E-state index in [1.165, 1.54) is 5.57 Å². The van der Waals surface area contributed by atoms with Gasteiger partial charge in [-0.1, -0.05) is 5.57 Å². The maximum Gasteiger partial charge on any atom is 0.355 e. The van der Waals surface area contributed by atoms with Crippen molar-refractivity contribution < 1.29 is 4.79 Å². The summed E-state index contributed by atoms with van der Waals surface area (Å²) in [5.41, 5.74) is 4.06. The van der Waals surface area contributed by atoms with Crippen molar-refractivity contribution in [1.82, 2.24) is 5.43 Å². The molecule has 0 radical (unpaired) electrons. The van der Waals surface area contributed by atoms with Gasteiger partial charge in [0.2, 0.25) is 0 Å². The zero-order valence-corrected chi connectivity index (χ0v) is 7.13. The van der Waals surface area contributed by atoms with E-state index in [2.05, 4.69) is 4.99 Å². The molecule has 2 amide bonds. The van der Waals surface area contributed by atoms with Crippen molar-refractivity contribution in [1.29, 1.82) is 0 Å². The van der Waals surface area contributed by atoms with Crippen LogP contribution in [0, 0.1) is 0 Å². The van der Waals surface area contributed by atoms with Crippen molar-refractivity contribution >= 4 is 11.7 Å². The molecule has 3 N–H and O–H groups in total. The molecule has 0 unspecified atom stereocenters. The molecule has 0 bridgehead atoms. The standard InChI is InChI=1S/C8H13N3O/c1-6-3-2-4-7(5-6)10-8(12)11-9/h5H,2-4,9H2,1H3,(H,11,12)/b10-7+. The summed E-state index contributed by atoms with van der Waals surface area (Å²) in [5, 5.41) is 0. The molecule has 4 heteroatoms. The summed E-state index contributed by atoms with van der Waals surface area (Å²) < 4.78 is 0. The Bertz CT molecular complexity index is 243. The number of carbonyl (C=O) groups excluding carboxylic acids is 1. The first kappa shape index (κ1) is 8.93. The van der Waals surface area contributed by atoms with Crippen LogP contribution in [0.1, 0.15) is 26.2 Å². The number of amides is 2. The average molecular weight is 167 g/mol. The van der Waals surface area contributed by atoms with E-state index in [-0.39, 0.29) is 0 Å². The van der Waals surface area contributed by atoms with Crippen molar-refractivity contribution in [3.63, 3.8) is 0 Å². The van der Waals surface area contributed by atoms with Crippen molar-refractivity contribution in [2.75, 3.05) is 0 Å². The Morgan fingerprint density at radius 3 is 3.00 bits per heavy atom. The lowest BCUT2D eigenvalue weighted by Crippen LogP contribution is -2.28. The molecule has 1 aliphatic rings. The average Bonchev–Trinajstić information content (AvgIpc) is 2.04. The highest BCUT2D eigenvalue weighted by atomic mass is 16.2. The van der Waals surface area contributed by atoms with Gasteiger partial charge in [0.15, 0.2) is 0 Å². The van der Waals surface area contributed by atoms with Gasteiger partial charge >= 0.3 is 6.03 Å². The van der Waals surface area contributed by atoms with Gasteiger partial charge in [-0.05, 0) is 32.3 Å². The van der Waals surface area contributed by atoms with Gasteiger partial charge in [0.05, 0.1) is 0 Å².